The topological polar surface area (TPSA) is 73.2 Å². The first-order chi connectivity index (χ1) is 14.0. The monoisotopic (exact) mass is 391 g/mol. The van der Waals surface area contributed by atoms with Crippen molar-refractivity contribution in [2.24, 2.45) is 0 Å². The van der Waals surface area contributed by atoms with Crippen LogP contribution in [0.4, 0.5) is 5.69 Å². The summed E-state index contributed by atoms with van der Waals surface area (Å²) >= 11 is 0. The number of carbonyl (C=O) groups excluding carboxylic acids is 1. The average molecular weight is 391 g/mol. The van der Waals surface area contributed by atoms with Crippen LogP contribution in [0.25, 0.3) is 11.3 Å². The van der Waals surface area contributed by atoms with Gasteiger partial charge in [0.05, 0.1) is 12.3 Å². The van der Waals surface area contributed by atoms with Gasteiger partial charge in [-0.3, -0.25) is 9.59 Å². The van der Waals surface area contributed by atoms with Crippen LogP contribution < -0.4 is 15.6 Å². The summed E-state index contributed by atoms with van der Waals surface area (Å²) in [6, 6.07) is 18.2. The predicted octanol–water partition coefficient (Wildman–Crippen LogP) is 4.07. The van der Waals surface area contributed by atoms with E-state index in [1.54, 1.807) is 6.07 Å². The van der Waals surface area contributed by atoms with Crippen molar-refractivity contribution in [3.63, 3.8) is 0 Å². The zero-order valence-electron chi connectivity index (χ0n) is 16.9. The van der Waals surface area contributed by atoms with Gasteiger partial charge in [0.25, 0.3) is 5.56 Å². The highest BCUT2D eigenvalue weighted by molar-refractivity contribution is 5.90. The third-order valence-electron chi connectivity index (χ3n) is 4.48. The predicted molar refractivity (Wildman–Crippen MR) is 114 cm³/mol. The average Bonchev–Trinajstić information content (AvgIpc) is 2.71. The lowest BCUT2D eigenvalue weighted by molar-refractivity contribution is -0.117. The third-order valence-corrected chi connectivity index (χ3v) is 4.48. The number of amides is 1. The van der Waals surface area contributed by atoms with Crippen LogP contribution in [0.3, 0.4) is 0 Å². The number of ether oxygens (including phenoxy) is 1. The van der Waals surface area contributed by atoms with E-state index in [4.69, 9.17) is 4.74 Å². The molecule has 6 heteroatoms. The normalized spacial score (nSPS) is 10.8. The first kappa shape index (κ1) is 20.3. The van der Waals surface area contributed by atoms with Crippen LogP contribution in [0.2, 0.25) is 0 Å². The molecule has 0 aliphatic carbocycles. The Morgan fingerprint density at radius 1 is 1.03 bits per heavy atom. The third kappa shape index (κ3) is 5.31. The van der Waals surface area contributed by atoms with Crippen molar-refractivity contribution in [2.75, 3.05) is 11.9 Å². The van der Waals surface area contributed by atoms with Gasteiger partial charge < -0.3 is 10.1 Å². The molecule has 0 fully saturated rings. The van der Waals surface area contributed by atoms with Crippen LogP contribution in [0.15, 0.2) is 65.5 Å². The molecule has 6 nitrogen and oxygen atoms in total. The molecule has 0 saturated heterocycles. The van der Waals surface area contributed by atoms with Gasteiger partial charge in [-0.1, -0.05) is 26.0 Å². The number of anilines is 1. The van der Waals surface area contributed by atoms with Gasteiger partial charge in [-0.05, 0) is 60.9 Å². The molecule has 0 radical (unpaired) electrons. The summed E-state index contributed by atoms with van der Waals surface area (Å²) in [5.74, 6) is 0.890. The van der Waals surface area contributed by atoms with Crippen molar-refractivity contribution in [2.45, 2.75) is 33.2 Å². The molecule has 3 aromatic rings. The summed E-state index contributed by atoms with van der Waals surface area (Å²) < 4.78 is 6.61. The first-order valence-electron chi connectivity index (χ1n) is 9.67. The number of benzene rings is 2. The highest BCUT2D eigenvalue weighted by Gasteiger charge is 2.09. The first-order valence-corrected chi connectivity index (χ1v) is 9.67. The molecular formula is C23H25N3O3. The van der Waals surface area contributed by atoms with E-state index in [9.17, 15) is 9.59 Å². The summed E-state index contributed by atoms with van der Waals surface area (Å²) in [5, 5.41) is 7.15. The number of nitrogens with zero attached hydrogens (tertiary/aromatic N) is 2. The van der Waals surface area contributed by atoms with E-state index in [-0.39, 0.29) is 18.0 Å². The minimum atomic E-state index is -0.329. The van der Waals surface area contributed by atoms with Gasteiger partial charge in [0.2, 0.25) is 5.91 Å². The summed E-state index contributed by atoms with van der Waals surface area (Å²) in [6.45, 7) is 6.59. The molecule has 3 rings (SSSR count). The Hall–Kier alpha value is -3.41. The Bertz CT molecular complexity index is 1020. The lowest BCUT2D eigenvalue weighted by Gasteiger charge is -2.10. The van der Waals surface area contributed by atoms with E-state index < -0.39 is 0 Å². The molecule has 1 amide bonds. The van der Waals surface area contributed by atoms with Crippen molar-refractivity contribution in [3.8, 4) is 17.0 Å². The molecular weight excluding hydrogens is 366 g/mol. The van der Waals surface area contributed by atoms with Crippen LogP contribution in [-0.2, 0) is 11.3 Å². The second-order valence-electron chi connectivity index (χ2n) is 7.00. The van der Waals surface area contributed by atoms with Crippen LogP contribution in [0, 0.1) is 0 Å². The summed E-state index contributed by atoms with van der Waals surface area (Å²) in [7, 11) is 0. The van der Waals surface area contributed by atoms with Crippen molar-refractivity contribution in [1.82, 2.24) is 9.78 Å². The van der Waals surface area contributed by atoms with Gasteiger partial charge in [0.15, 0.2) is 0 Å². The Kier molecular flexibility index (Phi) is 6.44. The number of hydrogen-bond acceptors (Lipinski definition) is 4. The van der Waals surface area contributed by atoms with Crippen molar-refractivity contribution in [3.05, 3.63) is 76.6 Å². The van der Waals surface area contributed by atoms with Crippen molar-refractivity contribution < 1.29 is 9.53 Å². The molecule has 1 heterocycles. The quantitative estimate of drug-likeness (QED) is 0.659. The Balaban J connectivity index is 1.72. The van der Waals surface area contributed by atoms with E-state index in [1.165, 1.54) is 16.3 Å². The van der Waals surface area contributed by atoms with E-state index in [1.807, 2.05) is 55.5 Å². The number of rotatable bonds is 7. The number of aromatic nitrogens is 2. The molecule has 0 spiro atoms. The van der Waals surface area contributed by atoms with E-state index >= 15 is 0 Å². The van der Waals surface area contributed by atoms with Crippen molar-refractivity contribution >= 4 is 11.6 Å². The molecule has 0 saturated carbocycles. The molecule has 2 aromatic carbocycles. The minimum Gasteiger partial charge on any atom is -0.494 e. The van der Waals surface area contributed by atoms with Gasteiger partial charge in [-0.25, -0.2) is 4.68 Å². The Morgan fingerprint density at radius 2 is 1.72 bits per heavy atom. The summed E-state index contributed by atoms with van der Waals surface area (Å²) in [6.07, 6.45) is 0. The van der Waals surface area contributed by atoms with Crippen LogP contribution in [0.1, 0.15) is 32.3 Å². The molecule has 150 valence electrons. The maximum absolute atomic E-state index is 12.4. The second-order valence-corrected chi connectivity index (χ2v) is 7.00. The zero-order chi connectivity index (χ0) is 20.8. The minimum absolute atomic E-state index is 0.157. The molecule has 1 N–H and O–H groups in total. The molecule has 0 bridgehead atoms. The molecule has 29 heavy (non-hydrogen) atoms. The van der Waals surface area contributed by atoms with Gasteiger partial charge in [-0.2, -0.15) is 5.10 Å². The highest BCUT2D eigenvalue weighted by atomic mass is 16.5. The fourth-order valence-corrected chi connectivity index (χ4v) is 2.89. The standard InChI is InChI=1S/C23H25N3O3/c1-4-29-20-11-7-18(8-12-20)21-13-14-23(28)26(25-21)15-22(27)24-19-9-5-17(6-10-19)16(2)3/h5-14,16H,4,15H2,1-3H3,(H,24,27). The molecule has 0 unspecified atom stereocenters. The summed E-state index contributed by atoms with van der Waals surface area (Å²) in [5.41, 5.74) is 3.01. The molecule has 1 aromatic heterocycles. The fourth-order valence-electron chi connectivity index (χ4n) is 2.89. The maximum atomic E-state index is 12.4. The largest absolute Gasteiger partial charge is 0.494 e. The Labute approximate surface area is 170 Å². The smallest absolute Gasteiger partial charge is 0.267 e. The Morgan fingerprint density at radius 3 is 2.34 bits per heavy atom. The van der Waals surface area contributed by atoms with Gasteiger partial charge in [-0.15, -0.1) is 0 Å². The van der Waals surface area contributed by atoms with E-state index in [2.05, 4.69) is 24.3 Å². The zero-order valence-corrected chi connectivity index (χ0v) is 16.9. The molecule has 0 aliphatic heterocycles. The second kappa shape index (κ2) is 9.19. The van der Waals surface area contributed by atoms with Crippen molar-refractivity contribution in [1.29, 1.82) is 0 Å². The lowest BCUT2D eigenvalue weighted by Crippen LogP contribution is -2.29. The number of nitrogens with one attached hydrogen (secondary N) is 1. The van der Waals surface area contributed by atoms with Crippen LogP contribution >= 0.6 is 0 Å². The molecule has 0 aliphatic rings. The van der Waals surface area contributed by atoms with E-state index in [0.29, 0.717) is 23.9 Å². The SMILES string of the molecule is CCOc1ccc(-c2ccc(=O)n(CC(=O)Nc3ccc(C(C)C)cc3)n2)cc1. The van der Waals surface area contributed by atoms with Gasteiger partial charge in [0, 0.05) is 17.3 Å². The molecule has 0 atom stereocenters. The maximum Gasteiger partial charge on any atom is 0.267 e. The van der Waals surface area contributed by atoms with Gasteiger partial charge >= 0.3 is 0 Å². The number of hydrogen-bond donors (Lipinski definition) is 1. The van der Waals surface area contributed by atoms with E-state index in [0.717, 1.165) is 11.3 Å². The van der Waals surface area contributed by atoms with Crippen LogP contribution in [0.5, 0.6) is 5.75 Å². The fraction of sp³-hybridized carbons (Fsp3) is 0.261. The van der Waals surface area contributed by atoms with Gasteiger partial charge in [0.1, 0.15) is 12.3 Å². The van der Waals surface area contributed by atoms with Crippen LogP contribution in [-0.4, -0.2) is 22.3 Å². The number of carbonyl (C=O) groups is 1. The summed E-state index contributed by atoms with van der Waals surface area (Å²) in [4.78, 5) is 24.5. The lowest BCUT2D eigenvalue weighted by atomic mass is 10.0. The highest BCUT2D eigenvalue weighted by Crippen LogP contribution is 2.20.